The van der Waals surface area contributed by atoms with Crippen LogP contribution < -0.4 is 5.56 Å². The van der Waals surface area contributed by atoms with Crippen molar-refractivity contribution in [3.05, 3.63) is 28.1 Å². The third-order valence-corrected chi connectivity index (χ3v) is 3.61. The van der Waals surface area contributed by atoms with Crippen molar-refractivity contribution in [2.45, 2.75) is 45.7 Å². The number of fused-ring (bicyclic) bond motifs is 3. The van der Waals surface area contributed by atoms with Gasteiger partial charge in [0.05, 0.1) is 23.4 Å². The third-order valence-electron chi connectivity index (χ3n) is 3.61. The third kappa shape index (κ3) is 1.43. The van der Waals surface area contributed by atoms with Crippen LogP contribution in [0.3, 0.4) is 0 Å². The van der Waals surface area contributed by atoms with Crippen LogP contribution in [-0.4, -0.2) is 14.3 Å². The van der Waals surface area contributed by atoms with Gasteiger partial charge in [-0.2, -0.15) is 5.10 Å². The molecule has 0 saturated carbocycles. The summed E-state index contributed by atoms with van der Waals surface area (Å²) in [5.41, 5.74) is 0.989. The molecule has 2 aromatic heterocycles. The van der Waals surface area contributed by atoms with Gasteiger partial charge in [0.1, 0.15) is 5.39 Å². The van der Waals surface area contributed by atoms with E-state index in [2.05, 4.69) is 5.10 Å². The Morgan fingerprint density at radius 1 is 1.39 bits per heavy atom. The van der Waals surface area contributed by atoms with Gasteiger partial charge < -0.3 is 4.57 Å². The van der Waals surface area contributed by atoms with Crippen LogP contribution in [-0.2, 0) is 13.0 Å². The van der Waals surface area contributed by atoms with Gasteiger partial charge in [0.2, 0.25) is 0 Å². The van der Waals surface area contributed by atoms with Crippen molar-refractivity contribution < 1.29 is 4.39 Å². The first kappa shape index (κ1) is 11.4. The van der Waals surface area contributed by atoms with E-state index in [1.807, 2.05) is 18.4 Å². The van der Waals surface area contributed by atoms with E-state index in [0.29, 0.717) is 17.6 Å². The highest BCUT2D eigenvalue weighted by atomic mass is 19.1. The Morgan fingerprint density at radius 2 is 2.17 bits per heavy atom. The predicted octanol–water partition coefficient (Wildman–Crippen LogP) is 2.25. The number of hydrogen-bond acceptors (Lipinski definition) is 2. The molecular formula is C13H16FN3O. The van der Waals surface area contributed by atoms with Crippen LogP contribution >= 0.6 is 0 Å². The van der Waals surface area contributed by atoms with E-state index in [4.69, 9.17) is 0 Å². The zero-order chi connectivity index (χ0) is 12.9. The molecule has 0 spiro atoms. The van der Waals surface area contributed by atoms with Crippen LogP contribution in [0.2, 0.25) is 0 Å². The smallest absolute Gasteiger partial charge is 0.279 e. The van der Waals surface area contributed by atoms with Crippen molar-refractivity contribution in [3.63, 3.8) is 0 Å². The molecule has 0 N–H and O–H groups in total. The molecule has 0 aliphatic carbocycles. The van der Waals surface area contributed by atoms with E-state index in [1.165, 1.54) is 4.68 Å². The average molecular weight is 249 g/mol. The van der Waals surface area contributed by atoms with Gasteiger partial charge >= 0.3 is 0 Å². The van der Waals surface area contributed by atoms with E-state index in [1.54, 1.807) is 6.20 Å². The Morgan fingerprint density at radius 3 is 2.89 bits per heavy atom. The van der Waals surface area contributed by atoms with Crippen LogP contribution in [0.25, 0.3) is 10.9 Å². The molecule has 0 bridgehead atoms. The van der Waals surface area contributed by atoms with Gasteiger partial charge in [-0.25, -0.2) is 9.07 Å². The lowest BCUT2D eigenvalue weighted by Gasteiger charge is -2.15. The molecule has 18 heavy (non-hydrogen) atoms. The molecule has 2 aromatic rings. The number of hydrogen-bond donors (Lipinski definition) is 0. The van der Waals surface area contributed by atoms with Crippen molar-refractivity contribution in [1.29, 1.82) is 0 Å². The standard InChI is InChI=1S/C13H16FN3O/c1-8(2)17-13(18)11-10(7-15-17)16-6-4-3-5-9(16)12(11)14/h7-8H,3-6H2,1-2H3. The second kappa shape index (κ2) is 3.93. The van der Waals surface area contributed by atoms with E-state index in [-0.39, 0.29) is 22.8 Å². The van der Waals surface area contributed by atoms with Gasteiger partial charge in [0.15, 0.2) is 5.82 Å². The fourth-order valence-electron chi connectivity index (χ4n) is 2.71. The first-order valence-corrected chi connectivity index (χ1v) is 6.39. The minimum atomic E-state index is -0.341. The highest BCUT2D eigenvalue weighted by molar-refractivity contribution is 5.80. The van der Waals surface area contributed by atoms with E-state index in [9.17, 15) is 9.18 Å². The lowest BCUT2D eigenvalue weighted by atomic mass is 10.1. The SMILES string of the molecule is CC(C)n1ncc2c(c(F)c3n2CCCC3)c1=O. The van der Waals surface area contributed by atoms with Crippen LogP contribution in [0.1, 0.15) is 38.4 Å². The number of rotatable bonds is 1. The molecule has 3 heterocycles. The maximum absolute atomic E-state index is 14.4. The maximum atomic E-state index is 14.4. The van der Waals surface area contributed by atoms with Gasteiger partial charge in [-0.1, -0.05) is 0 Å². The van der Waals surface area contributed by atoms with Gasteiger partial charge in [0, 0.05) is 6.54 Å². The number of aromatic nitrogens is 3. The lowest BCUT2D eigenvalue weighted by Crippen LogP contribution is -2.24. The zero-order valence-electron chi connectivity index (χ0n) is 10.6. The van der Waals surface area contributed by atoms with E-state index < -0.39 is 0 Å². The fraction of sp³-hybridized carbons (Fsp3) is 0.538. The molecule has 0 radical (unpaired) electrons. The quantitative estimate of drug-likeness (QED) is 0.777. The molecule has 0 atom stereocenters. The van der Waals surface area contributed by atoms with Crippen LogP contribution in [0.5, 0.6) is 0 Å². The molecule has 0 aromatic carbocycles. The molecule has 4 nitrogen and oxygen atoms in total. The van der Waals surface area contributed by atoms with Crippen LogP contribution in [0.4, 0.5) is 4.39 Å². The highest BCUT2D eigenvalue weighted by Gasteiger charge is 2.23. The Kier molecular flexibility index (Phi) is 2.50. The second-order valence-electron chi connectivity index (χ2n) is 5.12. The fourth-order valence-corrected chi connectivity index (χ4v) is 2.71. The molecule has 1 aliphatic heterocycles. The van der Waals surface area contributed by atoms with Crippen LogP contribution in [0, 0.1) is 5.82 Å². The molecule has 0 saturated heterocycles. The summed E-state index contributed by atoms with van der Waals surface area (Å²) < 4.78 is 17.6. The minimum absolute atomic E-state index is 0.0572. The molecule has 0 amide bonds. The molecule has 3 rings (SSSR count). The summed E-state index contributed by atoms with van der Waals surface area (Å²) in [4.78, 5) is 12.3. The summed E-state index contributed by atoms with van der Waals surface area (Å²) in [6.45, 7) is 4.52. The second-order valence-corrected chi connectivity index (χ2v) is 5.12. The maximum Gasteiger partial charge on any atom is 0.279 e. The Hall–Kier alpha value is -1.65. The van der Waals surface area contributed by atoms with Gasteiger partial charge in [0.25, 0.3) is 5.56 Å². The largest absolute Gasteiger partial charge is 0.340 e. The molecule has 0 fully saturated rings. The molecular weight excluding hydrogens is 233 g/mol. The molecule has 1 aliphatic rings. The summed E-state index contributed by atoms with van der Waals surface area (Å²) >= 11 is 0. The summed E-state index contributed by atoms with van der Waals surface area (Å²) in [6.07, 6.45) is 4.35. The predicted molar refractivity (Wildman–Crippen MR) is 67.3 cm³/mol. The summed E-state index contributed by atoms with van der Waals surface area (Å²) in [5.74, 6) is -0.341. The van der Waals surface area contributed by atoms with Gasteiger partial charge in [-0.3, -0.25) is 4.79 Å². The molecule has 96 valence electrons. The Labute approximate surface area is 104 Å². The van der Waals surface area contributed by atoms with Crippen molar-refractivity contribution in [2.75, 3.05) is 0 Å². The first-order chi connectivity index (χ1) is 8.61. The summed E-state index contributed by atoms with van der Waals surface area (Å²) in [7, 11) is 0. The molecule has 0 unspecified atom stereocenters. The number of halogens is 1. The summed E-state index contributed by atoms with van der Waals surface area (Å²) in [5, 5.41) is 4.35. The number of nitrogens with zero attached hydrogens (tertiary/aromatic N) is 3. The average Bonchev–Trinajstić information content (AvgIpc) is 2.65. The lowest BCUT2D eigenvalue weighted by molar-refractivity contribution is 0.505. The minimum Gasteiger partial charge on any atom is -0.340 e. The van der Waals surface area contributed by atoms with Crippen molar-refractivity contribution in [1.82, 2.24) is 14.3 Å². The Balaban J connectivity index is 2.39. The topological polar surface area (TPSA) is 39.8 Å². The van der Waals surface area contributed by atoms with Crippen LogP contribution in [0.15, 0.2) is 11.0 Å². The van der Waals surface area contributed by atoms with Gasteiger partial charge in [-0.05, 0) is 33.1 Å². The van der Waals surface area contributed by atoms with Crippen molar-refractivity contribution in [2.24, 2.45) is 0 Å². The zero-order valence-corrected chi connectivity index (χ0v) is 10.6. The van der Waals surface area contributed by atoms with Gasteiger partial charge in [-0.15, -0.1) is 0 Å². The normalized spacial score (nSPS) is 15.3. The number of aryl methyl sites for hydroxylation is 1. The summed E-state index contributed by atoms with van der Waals surface area (Å²) in [6, 6.07) is -0.0572. The Bertz CT molecular complexity index is 669. The highest BCUT2D eigenvalue weighted by Crippen LogP contribution is 2.27. The molecule has 5 heteroatoms. The van der Waals surface area contributed by atoms with Crippen molar-refractivity contribution in [3.8, 4) is 0 Å². The van der Waals surface area contributed by atoms with Crippen molar-refractivity contribution >= 4 is 10.9 Å². The first-order valence-electron chi connectivity index (χ1n) is 6.39. The monoisotopic (exact) mass is 249 g/mol. The van der Waals surface area contributed by atoms with E-state index >= 15 is 0 Å². The van der Waals surface area contributed by atoms with E-state index in [0.717, 1.165) is 19.4 Å².